The molecule has 0 radical (unpaired) electrons. The number of rotatable bonds is 3. The Labute approximate surface area is 121 Å². The fourth-order valence-electron chi connectivity index (χ4n) is 3.44. The molecule has 0 amide bonds. The monoisotopic (exact) mass is 275 g/mol. The normalized spacial score (nSPS) is 24.3. The lowest BCUT2D eigenvalue weighted by Gasteiger charge is -2.29. The Morgan fingerprint density at radius 2 is 2.05 bits per heavy atom. The van der Waals surface area contributed by atoms with Crippen molar-refractivity contribution in [3.05, 3.63) is 23.4 Å². The van der Waals surface area contributed by atoms with Crippen molar-refractivity contribution < 1.29 is 4.74 Å². The van der Waals surface area contributed by atoms with Gasteiger partial charge in [-0.25, -0.2) is 4.98 Å². The van der Waals surface area contributed by atoms with E-state index in [9.17, 15) is 0 Å². The molecule has 0 aliphatic carbocycles. The predicted octanol–water partition coefficient (Wildman–Crippen LogP) is 2.38. The number of nitrogens with zero attached hydrogens (tertiary/aromatic N) is 3. The molecule has 0 N–H and O–H groups in total. The van der Waals surface area contributed by atoms with Gasteiger partial charge in [-0.2, -0.15) is 0 Å². The van der Waals surface area contributed by atoms with Crippen LogP contribution in [0.15, 0.2) is 12.1 Å². The molecule has 0 unspecified atom stereocenters. The number of aryl methyl sites for hydroxylation is 1. The smallest absolute Gasteiger partial charge is 0.128 e. The third kappa shape index (κ3) is 2.67. The summed E-state index contributed by atoms with van der Waals surface area (Å²) in [7, 11) is 0. The van der Waals surface area contributed by atoms with E-state index in [4.69, 9.17) is 9.72 Å². The number of aromatic nitrogens is 1. The highest BCUT2D eigenvalue weighted by atomic mass is 16.5. The Kier molecular flexibility index (Phi) is 4.22. The Hall–Kier alpha value is -1.13. The lowest BCUT2D eigenvalue weighted by Crippen LogP contribution is -2.37. The molecule has 0 bridgehead atoms. The van der Waals surface area contributed by atoms with E-state index in [0.717, 1.165) is 38.7 Å². The molecule has 3 heterocycles. The summed E-state index contributed by atoms with van der Waals surface area (Å²) in [6.45, 7) is 10.3. The fourth-order valence-corrected chi connectivity index (χ4v) is 3.44. The van der Waals surface area contributed by atoms with E-state index < -0.39 is 0 Å². The summed E-state index contributed by atoms with van der Waals surface area (Å²) in [6, 6.07) is 5.07. The number of hydrogen-bond donors (Lipinski definition) is 0. The van der Waals surface area contributed by atoms with E-state index in [-0.39, 0.29) is 0 Å². The van der Waals surface area contributed by atoms with E-state index in [2.05, 4.69) is 35.8 Å². The molecule has 2 saturated heterocycles. The first-order valence-corrected chi connectivity index (χ1v) is 7.84. The number of morpholine rings is 1. The highest BCUT2D eigenvalue weighted by Crippen LogP contribution is 2.33. The van der Waals surface area contributed by atoms with Crippen molar-refractivity contribution in [2.24, 2.45) is 0 Å². The van der Waals surface area contributed by atoms with Gasteiger partial charge in [0, 0.05) is 24.8 Å². The quantitative estimate of drug-likeness (QED) is 0.847. The van der Waals surface area contributed by atoms with Gasteiger partial charge in [-0.3, -0.25) is 4.90 Å². The highest BCUT2D eigenvalue weighted by Gasteiger charge is 2.26. The third-order valence-corrected chi connectivity index (χ3v) is 4.58. The highest BCUT2D eigenvalue weighted by molar-refractivity contribution is 5.43. The summed E-state index contributed by atoms with van der Waals surface area (Å²) in [5.41, 5.74) is 2.61. The molecule has 4 heteroatoms. The Morgan fingerprint density at radius 3 is 2.75 bits per heavy atom. The first-order valence-electron chi connectivity index (χ1n) is 7.84. The maximum Gasteiger partial charge on any atom is 0.128 e. The van der Waals surface area contributed by atoms with Gasteiger partial charge in [0.25, 0.3) is 0 Å². The maximum atomic E-state index is 5.41. The minimum atomic E-state index is 0.575. The third-order valence-electron chi connectivity index (χ3n) is 4.58. The molecule has 2 fully saturated rings. The van der Waals surface area contributed by atoms with E-state index in [1.165, 1.54) is 30.6 Å². The van der Waals surface area contributed by atoms with Crippen LogP contribution < -0.4 is 4.90 Å². The largest absolute Gasteiger partial charge is 0.378 e. The average Bonchev–Trinajstić information content (AvgIpc) is 2.96. The molecular formula is C16H25N3O. The van der Waals surface area contributed by atoms with E-state index in [1.807, 2.05) is 0 Å². The van der Waals surface area contributed by atoms with E-state index >= 15 is 0 Å². The minimum Gasteiger partial charge on any atom is -0.378 e. The molecule has 110 valence electrons. The van der Waals surface area contributed by atoms with Crippen LogP contribution in [-0.4, -0.2) is 49.3 Å². The van der Waals surface area contributed by atoms with Gasteiger partial charge in [-0.05, 0) is 44.5 Å². The van der Waals surface area contributed by atoms with Gasteiger partial charge in [0.1, 0.15) is 5.82 Å². The van der Waals surface area contributed by atoms with Crippen molar-refractivity contribution >= 4 is 5.82 Å². The second-order valence-electron chi connectivity index (χ2n) is 5.73. The molecule has 3 rings (SSSR count). The van der Waals surface area contributed by atoms with E-state index in [0.29, 0.717) is 6.04 Å². The summed E-state index contributed by atoms with van der Waals surface area (Å²) in [4.78, 5) is 9.75. The minimum absolute atomic E-state index is 0.575. The van der Waals surface area contributed by atoms with Gasteiger partial charge < -0.3 is 9.64 Å². The van der Waals surface area contributed by atoms with Crippen LogP contribution in [0.4, 0.5) is 5.82 Å². The second kappa shape index (κ2) is 6.10. The van der Waals surface area contributed by atoms with Gasteiger partial charge in [0.2, 0.25) is 0 Å². The SMILES string of the molecule is CCN1CCC[C@H]1c1ccc(N2CCOCC2)nc1C. The van der Waals surface area contributed by atoms with E-state index in [1.54, 1.807) is 0 Å². The van der Waals surface area contributed by atoms with Crippen molar-refractivity contribution in [3.63, 3.8) is 0 Å². The Morgan fingerprint density at radius 1 is 1.25 bits per heavy atom. The summed E-state index contributed by atoms with van der Waals surface area (Å²) in [5.74, 6) is 1.11. The molecule has 4 nitrogen and oxygen atoms in total. The molecule has 1 aromatic heterocycles. The second-order valence-corrected chi connectivity index (χ2v) is 5.73. The number of anilines is 1. The zero-order valence-corrected chi connectivity index (χ0v) is 12.6. The summed E-state index contributed by atoms with van der Waals surface area (Å²) >= 11 is 0. The average molecular weight is 275 g/mol. The molecule has 2 aliphatic rings. The summed E-state index contributed by atoms with van der Waals surface area (Å²) in [5, 5.41) is 0. The molecule has 1 atom stereocenters. The van der Waals surface area contributed by atoms with Crippen LogP contribution in [0.2, 0.25) is 0 Å². The number of pyridine rings is 1. The van der Waals surface area contributed by atoms with Gasteiger partial charge >= 0.3 is 0 Å². The zero-order chi connectivity index (χ0) is 13.9. The summed E-state index contributed by atoms with van der Waals surface area (Å²) < 4.78 is 5.41. The van der Waals surface area contributed by atoms with Crippen molar-refractivity contribution in [2.45, 2.75) is 32.7 Å². The molecule has 0 aromatic carbocycles. The lowest BCUT2D eigenvalue weighted by molar-refractivity contribution is 0.122. The Bertz CT molecular complexity index is 457. The van der Waals surface area contributed by atoms with Crippen LogP contribution in [0.1, 0.15) is 37.1 Å². The molecule has 2 aliphatic heterocycles. The number of hydrogen-bond acceptors (Lipinski definition) is 4. The van der Waals surface area contributed by atoms with Gasteiger partial charge in [0.05, 0.1) is 13.2 Å². The predicted molar refractivity (Wildman–Crippen MR) is 81.2 cm³/mol. The molecule has 0 spiro atoms. The first-order chi connectivity index (χ1) is 9.79. The number of ether oxygens (including phenoxy) is 1. The summed E-state index contributed by atoms with van der Waals surface area (Å²) in [6.07, 6.45) is 2.58. The van der Waals surface area contributed by atoms with Gasteiger partial charge in [-0.1, -0.05) is 13.0 Å². The zero-order valence-electron chi connectivity index (χ0n) is 12.6. The van der Waals surface area contributed by atoms with Crippen molar-refractivity contribution in [1.82, 2.24) is 9.88 Å². The van der Waals surface area contributed by atoms with Crippen molar-refractivity contribution in [1.29, 1.82) is 0 Å². The van der Waals surface area contributed by atoms with Crippen LogP contribution in [-0.2, 0) is 4.74 Å². The first kappa shape index (κ1) is 13.8. The molecule has 0 saturated carbocycles. The fraction of sp³-hybridized carbons (Fsp3) is 0.688. The number of likely N-dealkylation sites (tertiary alicyclic amines) is 1. The van der Waals surface area contributed by atoms with Crippen LogP contribution in [0.5, 0.6) is 0 Å². The van der Waals surface area contributed by atoms with Crippen LogP contribution in [0.25, 0.3) is 0 Å². The van der Waals surface area contributed by atoms with Crippen LogP contribution >= 0.6 is 0 Å². The van der Waals surface area contributed by atoms with Crippen molar-refractivity contribution in [3.8, 4) is 0 Å². The molecule has 20 heavy (non-hydrogen) atoms. The topological polar surface area (TPSA) is 28.6 Å². The van der Waals surface area contributed by atoms with Gasteiger partial charge in [-0.15, -0.1) is 0 Å². The molecule has 1 aromatic rings. The lowest BCUT2D eigenvalue weighted by atomic mass is 10.0. The van der Waals surface area contributed by atoms with Crippen LogP contribution in [0, 0.1) is 6.92 Å². The standard InChI is InChI=1S/C16H25N3O/c1-3-18-8-4-5-15(18)14-6-7-16(17-13(14)2)19-9-11-20-12-10-19/h6-7,15H,3-5,8-12H2,1-2H3/t15-/m0/s1. The van der Waals surface area contributed by atoms with Crippen molar-refractivity contribution in [2.75, 3.05) is 44.3 Å². The van der Waals surface area contributed by atoms with Crippen LogP contribution in [0.3, 0.4) is 0 Å². The molecular weight excluding hydrogens is 250 g/mol. The maximum absolute atomic E-state index is 5.41. The Balaban J connectivity index is 1.80. The van der Waals surface area contributed by atoms with Gasteiger partial charge in [0.15, 0.2) is 0 Å².